The van der Waals surface area contributed by atoms with E-state index in [1.54, 1.807) is 0 Å². The number of benzene rings is 1. The number of fused-ring (bicyclic) bond motifs is 1. The summed E-state index contributed by atoms with van der Waals surface area (Å²) in [6, 6.07) is 7.91. The molecule has 20 heavy (non-hydrogen) atoms. The first-order valence-electron chi connectivity index (χ1n) is 5.94. The summed E-state index contributed by atoms with van der Waals surface area (Å²) in [4.78, 5) is 21.2. The highest BCUT2D eigenvalue weighted by molar-refractivity contribution is 9.10. The van der Waals surface area contributed by atoms with Gasteiger partial charge in [0.15, 0.2) is 0 Å². The number of nitrogens with zero attached hydrogens (tertiary/aromatic N) is 1. The van der Waals surface area contributed by atoms with Crippen LogP contribution in [0.5, 0.6) is 0 Å². The van der Waals surface area contributed by atoms with Gasteiger partial charge < -0.3 is 4.98 Å². The molecule has 0 aliphatic heterocycles. The van der Waals surface area contributed by atoms with E-state index in [1.165, 1.54) is 11.3 Å². The molecule has 0 bridgehead atoms. The summed E-state index contributed by atoms with van der Waals surface area (Å²) < 4.78 is 0.982. The van der Waals surface area contributed by atoms with Crippen molar-refractivity contribution < 1.29 is 0 Å². The van der Waals surface area contributed by atoms with E-state index in [9.17, 15) is 4.79 Å². The largest absolute Gasteiger partial charge is 0.309 e. The van der Waals surface area contributed by atoms with Crippen LogP contribution < -0.4 is 5.56 Å². The second-order valence-electron chi connectivity index (χ2n) is 4.37. The molecule has 0 atom stereocenters. The second-order valence-corrected chi connectivity index (χ2v) is 6.76. The molecule has 0 saturated carbocycles. The lowest BCUT2D eigenvalue weighted by Crippen LogP contribution is -2.10. The first-order chi connectivity index (χ1) is 9.60. The van der Waals surface area contributed by atoms with Crippen LogP contribution >= 0.6 is 38.9 Å². The molecule has 6 heteroatoms. The normalized spacial score (nSPS) is 11.2. The first kappa shape index (κ1) is 13.8. The Kier molecular flexibility index (Phi) is 3.67. The maximum absolute atomic E-state index is 12.3. The van der Waals surface area contributed by atoms with E-state index in [4.69, 9.17) is 11.6 Å². The first-order valence-corrected chi connectivity index (χ1v) is 8.08. The molecule has 0 amide bonds. The zero-order valence-corrected chi connectivity index (χ0v) is 13.7. The van der Waals surface area contributed by atoms with Crippen LogP contribution in [0.3, 0.4) is 0 Å². The molecule has 2 aromatic heterocycles. The van der Waals surface area contributed by atoms with Gasteiger partial charge >= 0.3 is 0 Å². The molecular formula is C14H10BrClN2OS. The number of alkyl halides is 1. The number of halogens is 2. The number of hydrogen-bond donors (Lipinski definition) is 1. The lowest BCUT2D eigenvalue weighted by molar-refractivity contribution is 1.04. The van der Waals surface area contributed by atoms with Crippen molar-refractivity contribution in [1.82, 2.24) is 9.97 Å². The molecule has 102 valence electrons. The van der Waals surface area contributed by atoms with Crippen molar-refractivity contribution in [2.24, 2.45) is 0 Å². The molecule has 0 unspecified atom stereocenters. The van der Waals surface area contributed by atoms with E-state index in [1.807, 2.05) is 31.2 Å². The standard InChI is InChI=1S/C14H10BrClN2OS/c1-7-11(8-3-2-4-9(15)5-8)12-13(19)17-10(6-16)18-14(12)20-7/h2-5H,6H2,1H3,(H,17,18,19). The van der Waals surface area contributed by atoms with Crippen LogP contribution in [-0.2, 0) is 5.88 Å². The lowest BCUT2D eigenvalue weighted by atomic mass is 10.0. The van der Waals surface area contributed by atoms with Gasteiger partial charge in [-0.05, 0) is 24.6 Å². The Balaban J connectivity index is 2.37. The van der Waals surface area contributed by atoms with E-state index >= 15 is 0 Å². The van der Waals surface area contributed by atoms with Gasteiger partial charge in [0.2, 0.25) is 0 Å². The van der Waals surface area contributed by atoms with Gasteiger partial charge in [0, 0.05) is 14.9 Å². The Morgan fingerprint density at radius 1 is 1.45 bits per heavy atom. The molecule has 0 saturated heterocycles. The summed E-state index contributed by atoms with van der Waals surface area (Å²) >= 11 is 10.7. The molecule has 3 nitrogen and oxygen atoms in total. The van der Waals surface area contributed by atoms with E-state index in [0.717, 1.165) is 25.3 Å². The van der Waals surface area contributed by atoms with E-state index in [2.05, 4.69) is 25.9 Å². The SMILES string of the molecule is Cc1sc2nc(CCl)[nH]c(=O)c2c1-c1cccc(Br)c1. The van der Waals surface area contributed by atoms with Gasteiger partial charge in [-0.2, -0.15) is 0 Å². The van der Waals surface area contributed by atoms with E-state index in [0.29, 0.717) is 11.2 Å². The van der Waals surface area contributed by atoms with Gasteiger partial charge in [0.25, 0.3) is 5.56 Å². The van der Waals surface area contributed by atoms with Gasteiger partial charge in [0.1, 0.15) is 10.7 Å². The van der Waals surface area contributed by atoms with Crippen LogP contribution in [0.4, 0.5) is 0 Å². The molecule has 0 aliphatic carbocycles. The van der Waals surface area contributed by atoms with E-state index in [-0.39, 0.29) is 11.4 Å². The van der Waals surface area contributed by atoms with Crippen molar-refractivity contribution in [1.29, 1.82) is 0 Å². The van der Waals surface area contributed by atoms with Gasteiger partial charge in [-0.25, -0.2) is 4.98 Å². The van der Waals surface area contributed by atoms with Crippen molar-refractivity contribution in [3.8, 4) is 11.1 Å². The number of aromatic nitrogens is 2. The van der Waals surface area contributed by atoms with Crippen LogP contribution in [0.1, 0.15) is 10.7 Å². The highest BCUT2D eigenvalue weighted by Crippen LogP contribution is 2.36. The molecule has 0 fully saturated rings. The van der Waals surface area contributed by atoms with Crippen LogP contribution in [0, 0.1) is 6.92 Å². The van der Waals surface area contributed by atoms with Gasteiger partial charge in [-0.3, -0.25) is 4.79 Å². The number of thiophene rings is 1. The number of hydrogen-bond acceptors (Lipinski definition) is 3. The monoisotopic (exact) mass is 368 g/mol. The minimum Gasteiger partial charge on any atom is -0.309 e. The summed E-state index contributed by atoms with van der Waals surface area (Å²) in [6.45, 7) is 2.00. The number of aromatic amines is 1. The van der Waals surface area contributed by atoms with Gasteiger partial charge in [-0.1, -0.05) is 28.1 Å². The summed E-state index contributed by atoms with van der Waals surface area (Å²) in [5.41, 5.74) is 1.82. The third-order valence-corrected chi connectivity index (χ3v) is 4.77. The fraction of sp³-hybridized carbons (Fsp3) is 0.143. The Morgan fingerprint density at radius 3 is 2.95 bits per heavy atom. The predicted molar refractivity (Wildman–Crippen MR) is 87.7 cm³/mol. The molecule has 3 aromatic rings. The molecule has 0 aliphatic rings. The quantitative estimate of drug-likeness (QED) is 0.678. The zero-order valence-electron chi connectivity index (χ0n) is 10.5. The average molecular weight is 370 g/mol. The van der Waals surface area contributed by atoms with Crippen molar-refractivity contribution in [3.63, 3.8) is 0 Å². The summed E-state index contributed by atoms with van der Waals surface area (Å²) in [5.74, 6) is 0.708. The maximum Gasteiger partial charge on any atom is 0.260 e. The maximum atomic E-state index is 12.3. The Labute approximate surface area is 132 Å². The highest BCUT2D eigenvalue weighted by Gasteiger charge is 2.16. The van der Waals surface area contributed by atoms with Crippen molar-refractivity contribution in [2.75, 3.05) is 0 Å². The number of rotatable bonds is 2. The Hall–Kier alpha value is -1.17. The van der Waals surface area contributed by atoms with E-state index < -0.39 is 0 Å². The topological polar surface area (TPSA) is 45.8 Å². The van der Waals surface area contributed by atoms with Crippen molar-refractivity contribution >= 4 is 49.1 Å². The Bertz CT molecular complexity index is 856. The molecular weight excluding hydrogens is 360 g/mol. The highest BCUT2D eigenvalue weighted by atomic mass is 79.9. The molecule has 3 rings (SSSR count). The number of H-pyrrole nitrogens is 1. The third kappa shape index (κ3) is 2.30. The molecule has 2 heterocycles. The van der Waals surface area contributed by atoms with Crippen molar-refractivity contribution in [2.45, 2.75) is 12.8 Å². The molecule has 1 aromatic carbocycles. The zero-order chi connectivity index (χ0) is 14.3. The minimum atomic E-state index is -0.134. The second kappa shape index (κ2) is 5.31. The van der Waals surface area contributed by atoms with Crippen LogP contribution in [0.2, 0.25) is 0 Å². The molecule has 0 spiro atoms. The molecule has 1 N–H and O–H groups in total. The number of aryl methyl sites for hydroxylation is 1. The average Bonchev–Trinajstić information content (AvgIpc) is 2.75. The number of nitrogens with one attached hydrogen (secondary N) is 1. The van der Waals surface area contributed by atoms with Crippen LogP contribution in [-0.4, -0.2) is 9.97 Å². The third-order valence-electron chi connectivity index (χ3n) is 3.03. The predicted octanol–water partition coefficient (Wildman–Crippen LogP) is 4.46. The molecule has 0 radical (unpaired) electrons. The summed E-state index contributed by atoms with van der Waals surface area (Å²) in [5, 5.41) is 0.638. The summed E-state index contributed by atoms with van der Waals surface area (Å²) in [7, 11) is 0. The minimum absolute atomic E-state index is 0.134. The smallest absolute Gasteiger partial charge is 0.260 e. The Morgan fingerprint density at radius 2 is 2.25 bits per heavy atom. The summed E-state index contributed by atoms with van der Waals surface area (Å²) in [6.07, 6.45) is 0. The fourth-order valence-corrected chi connectivity index (χ4v) is 3.81. The fourth-order valence-electron chi connectivity index (χ4n) is 2.22. The van der Waals surface area contributed by atoms with Crippen molar-refractivity contribution in [3.05, 3.63) is 49.8 Å². The van der Waals surface area contributed by atoms with Gasteiger partial charge in [-0.15, -0.1) is 22.9 Å². The lowest BCUT2D eigenvalue weighted by Gasteiger charge is -2.02. The van der Waals surface area contributed by atoms with Gasteiger partial charge in [0.05, 0.1) is 11.3 Å². The van der Waals surface area contributed by atoms with Crippen LogP contribution in [0.15, 0.2) is 33.5 Å². The van der Waals surface area contributed by atoms with Crippen LogP contribution in [0.25, 0.3) is 21.3 Å².